The van der Waals surface area contributed by atoms with E-state index in [1.165, 1.54) is 21.3 Å². The van der Waals surface area contributed by atoms with Crippen molar-refractivity contribution in [1.82, 2.24) is 0 Å². The monoisotopic (exact) mass is 278 g/mol. The molecule has 1 aliphatic rings. The molecule has 0 bridgehead atoms. The van der Waals surface area contributed by atoms with Crippen LogP contribution in [0.2, 0.25) is 0 Å². The molecule has 0 aromatic heterocycles. The lowest BCUT2D eigenvalue weighted by molar-refractivity contribution is -0.144. The van der Waals surface area contributed by atoms with Crippen LogP contribution in [-0.4, -0.2) is 33.1 Å². The van der Waals surface area contributed by atoms with Crippen molar-refractivity contribution < 1.29 is 23.8 Å². The third kappa shape index (κ3) is 2.03. The molecule has 0 saturated carbocycles. The van der Waals surface area contributed by atoms with Crippen LogP contribution in [-0.2, 0) is 9.53 Å². The van der Waals surface area contributed by atoms with E-state index in [1.807, 2.05) is 6.92 Å². The first kappa shape index (κ1) is 14.4. The van der Waals surface area contributed by atoms with Crippen LogP contribution in [0, 0.1) is 5.92 Å². The summed E-state index contributed by atoms with van der Waals surface area (Å²) in [7, 11) is 4.36. The quantitative estimate of drug-likeness (QED) is 0.624. The summed E-state index contributed by atoms with van der Waals surface area (Å²) in [6.07, 6.45) is 0.654. The molecule has 0 amide bonds. The molecule has 0 saturated heterocycles. The van der Waals surface area contributed by atoms with Crippen LogP contribution in [0.5, 0.6) is 11.5 Å². The van der Waals surface area contributed by atoms with Gasteiger partial charge in [0.25, 0.3) is 0 Å². The molecule has 108 valence electrons. The molecule has 0 spiro atoms. The minimum Gasteiger partial charge on any atom is -0.497 e. The lowest BCUT2D eigenvalue weighted by Gasteiger charge is -2.17. The molecular weight excluding hydrogens is 260 g/mol. The number of Topliss-reactive ketones (excluding diaryl/α,β-unsaturated/α-hetero) is 1. The fourth-order valence-corrected chi connectivity index (χ4v) is 2.83. The molecule has 5 nitrogen and oxygen atoms in total. The number of ketones is 1. The second kappa shape index (κ2) is 5.53. The number of ether oxygens (including phenoxy) is 3. The van der Waals surface area contributed by atoms with Gasteiger partial charge in [0.15, 0.2) is 5.78 Å². The van der Waals surface area contributed by atoms with Gasteiger partial charge in [-0.1, -0.05) is 6.92 Å². The van der Waals surface area contributed by atoms with Crippen molar-refractivity contribution in [2.45, 2.75) is 19.3 Å². The molecule has 0 fully saturated rings. The van der Waals surface area contributed by atoms with Crippen LogP contribution < -0.4 is 9.47 Å². The van der Waals surface area contributed by atoms with Crippen molar-refractivity contribution in [2.24, 2.45) is 5.92 Å². The van der Waals surface area contributed by atoms with Crippen LogP contribution in [0.3, 0.4) is 0 Å². The van der Waals surface area contributed by atoms with Gasteiger partial charge < -0.3 is 14.2 Å². The minimum absolute atomic E-state index is 0.217. The molecule has 0 radical (unpaired) electrons. The van der Waals surface area contributed by atoms with Crippen LogP contribution >= 0.6 is 0 Å². The van der Waals surface area contributed by atoms with E-state index in [0.29, 0.717) is 23.5 Å². The Bertz CT molecular complexity index is 549. The fraction of sp³-hybridized carbons (Fsp3) is 0.467. The third-order valence-electron chi connectivity index (χ3n) is 3.79. The Kier molecular flexibility index (Phi) is 3.97. The highest BCUT2D eigenvalue weighted by Crippen LogP contribution is 2.47. The van der Waals surface area contributed by atoms with Gasteiger partial charge in [-0.15, -0.1) is 0 Å². The average Bonchev–Trinajstić information content (AvgIpc) is 2.77. The number of carbonyl (C=O) groups is 2. The minimum atomic E-state index is -0.791. The fourth-order valence-electron chi connectivity index (χ4n) is 2.83. The maximum Gasteiger partial charge on any atom is 0.317 e. The highest BCUT2D eigenvalue weighted by molar-refractivity contribution is 6.14. The van der Waals surface area contributed by atoms with E-state index in [4.69, 9.17) is 14.2 Å². The predicted molar refractivity (Wildman–Crippen MR) is 72.4 cm³/mol. The topological polar surface area (TPSA) is 61.8 Å². The SMILES string of the molecule is CC[C@H]1c2c(OC)cc(OC)cc2C(=O)[C@@H]1C(=O)OC. The van der Waals surface area contributed by atoms with Gasteiger partial charge in [-0.3, -0.25) is 9.59 Å². The Balaban J connectivity index is 2.61. The van der Waals surface area contributed by atoms with Crippen molar-refractivity contribution in [1.29, 1.82) is 0 Å². The van der Waals surface area contributed by atoms with Crippen LogP contribution in [0.25, 0.3) is 0 Å². The number of methoxy groups -OCH3 is 3. The highest BCUT2D eigenvalue weighted by Gasteiger charge is 2.46. The van der Waals surface area contributed by atoms with Crippen molar-refractivity contribution in [2.75, 3.05) is 21.3 Å². The Labute approximate surface area is 117 Å². The first-order valence-electron chi connectivity index (χ1n) is 6.46. The van der Waals surface area contributed by atoms with E-state index < -0.39 is 11.9 Å². The number of fused-ring (bicyclic) bond motifs is 1. The molecule has 1 aromatic rings. The normalized spacial score (nSPS) is 20.5. The molecule has 0 heterocycles. The van der Waals surface area contributed by atoms with Gasteiger partial charge in [0.05, 0.1) is 21.3 Å². The molecule has 2 atom stereocenters. The predicted octanol–water partition coefficient (Wildman–Crippen LogP) is 2.18. The van der Waals surface area contributed by atoms with Gasteiger partial charge in [0, 0.05) is 23.1 Å². The zero-order valence-corrected chi connectivity index (χ0v) is 12.1. The lowest BCUT2D eigenvalue weighted by Crippen LogP contribution is -2.25. The lowest BCUT2D eigenvalue weighted by atomic mass is 9.89. The maximum absolute atomic E-state index is 12.5. The molecule has 20 heavy (non-hydrogen) atoms. The number of esters is 1. The summed E-state index contributed by atoms with van der Waals surface area (Å²) in [5, 5.41) is 0. The number of hydrogen-bond donors (Lipinski definition) is 0. The molecule has 0 unspecified atom stereocenters. The van der Waals surface area contributed by atoms with Gasteiger partial charge >= 0.3 is 5.97 Å². The van der Waals surface area contributed by atoms with Crippen LogP contribution in [0.4, 0.5) is 0 Å². The van der Waals surface area contributed by atoms with Crippen molar-refractivity contribution >= 4 is 11.8 Å². The molecule has 1 aliphatic carbocycles. The summed E-state index contributed by atoms with van der Waals surface area (Å²) in [5.74, 6) is -0.623. The largest absolute Gasteiger partial charge is 0.497 e. The van der Waals surface area contributed by atoms with Crippen LogP contribution in [0.15, 0.2) is 12.1 Å². The Morgan fingerprint density at radius 2 is 1.90 bits per heavy atom. The van der Waals surface area contributed by atoms with Gasteiger partial charge in [-0.2, -0.15) is 0 Å². The van der Waals surface area contributed by atoms with E-state index in [-0.39, 0.29) is 11.7 Å². The van der Waals surface area contributed by atoms with E-state index in [2.05, 4.69) is 0 Å². The second-order valence-electron chi connectivity index (χ2n) is 4.67. The Hall–Kier alpha value is -2.04. The van der Waals surface area contributed by atoms with Crippen molar-refractivity contribution in [3.63, 3.8) is 0 Å². The van der Waals surface area contributed by atoms with Gasteiger partial charge in [0.1, 0.15) is 17.4 Å². The second-order valence-corrected chi connectivity index (χ2v) is 4.67. The van der Waals surface area contributed by atoms with Gasteiger partial charge in [-0.25, -0.2) is 0 Å². The molecule has 1 aromatic carbocycles. The average molecular weight is 278 g/mol. The van der Waals surface area contributed by atoms with Crippen LogP contribution in [0.1, 0.15) is 35.2 Å². The molecule has 0 aliphatic heterocycles. The summed E-state index contributed by atoms with van der Waals surface area (Å²) in [4.78, 5) is 24.4. The Morgan fingerprint density at radius 3 is 2.40 bits per heavy atom. The summed E-state index contributed by atoms with van der Waals surface area (Å²) in [6, 6.07) is 3.39. The molecular formula is C15H18O5. The first-order chi connectivity index (χ1) is 9.58. The zero-order chi connectivity index (χ0) is 14.9. The van der Waals surface area contributed by atoms with Crippen molar-refractivity contribution in [3.8, 4) is 11.5 Å². The molecule has 5 heteroatoms. The standard InChI is InChI=1S/C15H18O5/c1-5-9-12-10(14(16)13(9)15(17)20-4)6-8(18-2)7-11(12)19-3/h6-7,9,13H,5H2,1-4H3/t9-,13+/m0/s1. The summed E-state index contributed by atoms with van der Waals surface area (Å²) >= 11 is 0. The van der Waals surface area contributed by atoms with Crippen molar-refractivity contribution in [3.05, 3.63) is 23.3 Å². The maximum atomic E-state index is 12.5. The smallest absolute Gasteiger partial charge is 0.317 e. The number of rotatable bonds is 4. The van der Waals surface area contributed by atoms with Gasteiger partial charge in [0.2, 0.25) is 0 Å². The molecule has 2 rings (SSSR count). The Morgan fingerprint density at radius 1 is 1.20 bits per heavy atom. The highest BCUT2D eigenvalue weighted by atomic mass is 16.5. The van der Waals surface area contributed by atoms with Gasteiger partial charge in [-0.05, 0) is 12.5 Å². The summed E-state index contributed by atoms with van der Waals surface area (Å²) < 4.78 is 15.3. The summed E-state index contributed by atoms with van der Waals surface area (Å²) in [5.41, 5.74) is 1.26. The van der Waals surface area contributed by atoms with E-state index >= 15 is 0 Å². The third-order valence-corrected chi connectivity index (χ3v) is 3.79. The molecule has 0 N–H and O–H groups in total. The number of carbonyl (C=O) groups excluding carboxylic acids is 2. The number of benzene rings is 1. The summed E-state index contributed by atoms with van der Waals surface area (Å²) in [6.45, 7) is 1.94. The van der Waals surface area contributed by atoms with E-state index in [1.54, 1.807) is 12.1 Å². The first-order valence-corrected chi connectivity index (χ1v) is 6.46. The number of hydrogen-bond acceptors (Lipinski definition) is 5. The van der Waals surface area contributed by atoms with E-state index in [9.17, 15) is 9.59 Å². The van der Waals surface area contributed by atoms with E-state index in [0.717, 1.165) is 5.56 Å². The zero-order valence-electron chi connectivity index (χ0n) is 12.1.